The van der Waals surface area contributed by atoms with Gasteiger partial charge in [0.05, 0.1) is 38.7 Å². The van der Waals surface area contributed by atoms with Gasteiger partial charge in [0.25, 0.3) is 0 Å². The molecular weight excluding hydrogens is 506 g/mol. The fourth-order valence-electron chi connectivity index (χ4n) is 5.94. The maximum Gasteiger partial charge on any atom is 0.318 e. The van der Waals surface area contributed by atoms with Gasteiger partial charge in [0.2, 0.25) is 5.91 Å². The van der Waals surface area contributed by atoms with E-state index in [9.17, 15) is 4.79 Å². The van der Waals surface area contributed by atoms with Gasteiger partial charge in [-0.2, -0.15) is 9.97 Å². The third kappa shape index (κ3) is 5.54. The number of rotatable bonds is 6. The van der Waals surface area contributed by atoms with E-state index in [0.717, 1.165) is 49.9 Å². The maximum atomic E-state index is 12.8. The van der Waals surface area contributed by atoms with Crippen molar-refractivity contribution in [2.24, 2.45) is 0 Å². The number of aryl methyl sites for hydroxylation is 1. The third-order valence-electron chi connectivity index (χ3n) is 8.15. The summed E-state index contributed by atoms with van der Waals surface area (Å²) in [6.45, 7) is 9.38. The maximum absolute atomic E-state index is 12.8. The number of morpholine rings is 1. The van der Waals surface area contributed by atoms with Crippen molar-refractivity contribution >= 4 is 22.5 Å². The third-order valence-corrected chi connectivity index (χ3v) is 8.15. The second-order valence-electron chi connectivity index (χ2n) is 10.6. The van der Waals surface area contributed by atoms with Crippen LogP contribution >= 0.6 is 0 Å². The molecule has 1 atom stereocenters. The van der Waals surface area contributed by atoms with Gasteiger partial charge < -0.3 is 24.0 Å². The molecule has 0 bridgehead atoms. The van der Waals surface area contributed by atoms with Gasteiger partial charge in [-0.25, -0.2) is 0 Å². The SMILES string of the molecule is COc1nc2c(c(N3CCN(C(=O)/C=C/CN4CCOCC4)CC3)n1)COC(c1cccc3cccc(C)c13)C2. The monoisotopic (exact) mass is 543 g/mol. The van der Waals surface area contributed by atoms with Crippen LogP contribution in [0.4, 0.5) is 5.82 Å². The number of carbonyl (C=O) groups is 1. The lowest BCUT2D eigenvalue weighted by atomic mass is 9.92. The molecule has 1 unspecified atom stereocenters. The van der Waals surface area contributed by atoms with Crippen molar-refractivity contribution in [2.75, 3.05) is 71.0 Å². The molecule has 3 aromatic rings. The molecule has 3 aliphatic rings. The highest BCUT2D eigenvalue weighted by atomic mass is 16.5. The first-order valence-electron chi connectivity index (χ1n) is 14.1. The average Bonchev–Trinajstić information content (AvgIpc) is 3.00. The summed E-state index contributed by atoms with van der Waals surface area (Å²) in [5.74, 6) is 0.913. The van der Waals surface area contributed by atoms with Crippen molar-refractivity contribution < 1.29 is 19.0 Å². The fraction of sp³-hybridized carbons (Fsp3) is 0.452. The zero-order chi connectivity index (χ0) is 27.5. The molecule has 0 radical (unpaired) electrons. The van der Waals surface area contributed by atoms with E-state index in [0.29, 0.717) is 45.2 Å². The van der Waals surface area contributed by atoms with Crippen molar-refractivity contribution in [1.29, 1.82) is 0 Å². The van der Waals surface area contributed by atoms with Crippen LogP contribution in [0.15, 0.2) is 48.6 Å². The summed E-state index contributed by atoms with van der Waals surface area (Å²) in [4.78, 5) is 28.7. The van der Waals surface area contributed by atoms with Crippen LogP contribution in [-0.4, -0.2) is 91.8 Å². The molecule has 2 saturated heterocycles. The van der Waals surface area contributed by atoms with Crippen LogP contribution < -0.4 is 9.64 Å². The van der Waals surface area contributed by atoms with E-state index in [1.165, 1.54) is 21.9 Å². The number of amides is 1. The topological polar surface area (TPSA) is 80.3 Å². The number of methoxy groups -OCH3 is 1. The van der Waals surface area contributed by atoms with Crippen LogP contribution in [0.3, 0.4) is 0 Å². The number of hydrogen-bond acceptors (Lipinski definition) is 8. The number of aromatic nitrogens is 2. The number of nitrogens with zero attached hydrogens (tertiary/aromatic N) is 5. The molecule has 6 rings (SSSR count). The molecule has 1 aromatic heterocycles. The van der Waals surface area contributed by atoms with Crippen molar-refractivity contribution in [3.63, 3.8) is 0 Å². The Kier molecular flexibility index (Phi) is 7.95. The van der Waals surface area contributed by atoms with Crippen molar-refractivity contribution in [1.82, 2.24) is 19.8 Å². The lowest BCUT2D eigenvalue weighted by Crippen LogP contribution is -2.49. The molecule has 9 nitrogen and oxygen atoms in total. The first-order valence-corrected chi connectivity index (χ1v) is 14.1. The Morgan fingerprint density at radius 2 is 1.82 bits per heavy atom. The molecule has 0 saturated carbocycles. The Morgan fingerprint density at radius 3 is 2.60 bits per heavy atom. The standard InChI is InChI=1S/C31H37N5O4/c1-22-6-3-7-23-8-4-9-24(29(22)23)27-20-26-25(21-40-27)30(33-31(32-26)38-2)36-14-12-35(13-15-36)28(37)10-5-11-34-16-18-39-19-17-34/h3-10,27H,11-21H2,1-2H3/b10-5+. The quantitative estimate of drug-likeness (QED) is 0.439. The van der Waals surface area contributed by atoms with E-state index in [-0.39, 0.29) is 12.0 Å². The summed E-state index contributed by atoms with van der Waals surface area (Å²) in [6.07, 6.45) is 4.24. The van der Waals surface area contributed by atoms with Crippen molar-refractivity contribution in [2.45, 2.75) is 26.1 Å². The van der Waals surface area contributed by atoms with Gasteiger partial charge in [0.1, 0.15) is 5.82 Å². The molecule has 4 heterocycles. The molecule has 0 spiro atoms. The largest absolute Gasteiger partial charge is 0.467 e. The Hall–Kier alpha value is -3.53. The summed E-state index contributed by atoms with van der Waals surface area (Å²) >= 11 is 0. The summed E-state index contributed by atoms with van der Waals surface area (Å²) < 4.78 is 17.4. The number of anilines is 1. The molecule has 0 N–H and O–H groups in total. The fourth-order valence-corrected chi connectivity index (χ4v) is 5.94. The predicted octanol–water partition coefficient (Wildman–Crippen LogP) is 3.30. The average molecular weight is 544 g/mol. The minimum atomic E-state index is -0.0940. The second-order valence-corrected chi connectivity index (χ2v) is 10.6. The van der Waals surface area contributed by atoms with Crippen LogP contribution in [0.25, 0.3) is 10.8 Å². The van der Waals surface area contributed by atoms with Crippen LogP contribution in [0.1, 0.15) is 28.5 Å². The van der Waals surface area contributed by atoms with Gasteiger partial charge in [-0.15, -0.1) is 0 Å². The molecule has 9 heteroatoms. The van der Waals surface area contributed by atoms with Crippen LogP contribution in [0.2, 0.25) is 0 Å². The molecule has 210 valence electrons. The zero-order valence-electron chi connectivity index (χ0n) is 23.3. The number of hydrogen-bond donors (Lipinski definition) is 0. The molecule has 0 aliphatic carbocycles. The number of benzene rings is 2. The summed E-state index contributed by atoms with van der Waals surface area (Å²) in [6, 6.07) is 13.2. The van der Waals surface area contributed by atoms with E-state index in [4.69, 9.17) is 24.2 Å². The molecule has 2 aromatic carbocycles. The molecular formula is C31H37N5O4. The predicted molar refractivity (Wildman–Crippen MR) is 154 cm³/mol. The normalized spacial score (nSPS) is 20.2. The number of piperazine rings is 1. The number of carbonyl (C=O) groups excluding carboxylic acids is 1. The van der Waals surface area contributed by atoms with Gasteiger partial charge >= 0.3 is 6.01 Å². The summed E-state index contributed by atoms with van der Waals surface area (Å²) in [5, 5.41) is 2.47. The summed E-state index contributed by atoms with van der Waals surface area (Å²) in [7, 11) is 1.61. The van der Waals surface area contributed by atoms with Crippen molar-refractivity contribution in [3.05, 3.63) is 70.9 Å². The first kappa shape index (κ1) is 26.7. The minimum Gasteiger partial charge on any atom is -0.467 e. The Labute approximate surface area is 235 Å². The Morgan fingerprint density at radius 1 is 1.05 bits per heavy atom. The molecule has 2 fully saturated rings. The summed E-state index contributed by atoms with van der Waals surface area (Å²) in [5.41, 5.74) is 4.41. The van der Waals surface area contributed by atoms with Gasteiger partial charge in [0.15, 0.2) is 0 Å². The highest BCUT2D eigenvalue weighted by molar-refractivity contribution is 5.89. The Bertz CT molecular complexity index is 1390. The number of fused-ring (bicyclic) bond motifs is 2. The Balaban J connectivity index is 1.15. The van der Waals surface area contributed by atoms with Crippen molar-refractivity contribution in [3.8, 4) is 6.01 Å². The van der Waals surface area contributed by atoms with Crippen LogP contribution in [0, 0.1) is 6.92 Å². The van der Waals surface area contributed by atoms with E-state index < -0.39 is 0 Å². The van der Waals surface area contributed by atoms with Gasteiger partial charge in [-0.05, 0) is 28.8 Å². The highest BCUT2D eigenvalue weighted by Crippen LogP contribution is 2.38. The molecule has 3 aliphatic heterocycles. The van der Waals surface area contributed by atoms with Crippen LogP contribution in [0.5, 0.6) is 6.01 Å². The van der Waals surface area contributed by atoms with Gasteiger partial charge in [0, 0.05) is 63.9 Å². The highest BCUT2D eigenvalue weighted by Gasteiger charge is 2.30. The first-order chi connectivity index (χ1) is 19.6. The second kappa shape index (κ2) is 11.9. The van der Waals surface area contributed by atoms with Gasteiger partial charge in [-0.3, -0.25) is 9.69 Å². The zero-order valence-corrected chi connectivity index (χ0v) is 23.3. The lowest BCUT2D eigenvalue weighted by Gasteiger charge is -2.37. The smallest absolute Gasteiger partial charge is 0.318 e. The van der Waals surface area contributed by atoms with E-state index >= 15 is 0 Å². The molecule has 40 heavy (non-hydrogen) atoms. The minimum absolute atomic E-state index is 0.0618. The van der Waals surface area contributed by atoms with Gasteiger partial charge in [-0.1, -0.05) is 42.5 Å². The molecule has 1 amide bonds. The van der Waals surface area contributed by atoms with Crippen LogP contribution in [-0.2, 0) is 27.3 Å². The lowest BCUT2D eigenvalue weighted by molar-refractivity contribution is -0.126. The number of ether oxygens (including phenoxy) is 3. The van der Waals surface area contributed by atoms with E-state index in [1.807, 2.05) is 11.0 Å². The van der Waals surface area contributed by atoms with E-state index in [2.05, 4.69) is 53.1 Å². The van der Waals surface area contributed by atoms with E-state index in [1.54, 1.807) is 13.2 Å².